The van der Waals surface area contributed by atoms with Gasteiger partial charge < -0.3 is 10.6 Å². The molecule has 0 spiro atoms. The van der Waals surface area contributed by atoms with Crippen LogP contribution in [0.25, 0.3) is 0 Å². The summed E-state index contributed by atoms with van der Waals surface area (Å²) in [6, 6.07) is 0.457. The van der Waals surface area contributed by atoms with Gasteiger partial charge in [-0.3, -0.25) is 4.79 Å². The average Bonchev–Trinajstić information content (AvgIpc) is 2.95. The van der Waals surface area contributed by atoms with E-state index in [1.807, 2.05) is 5.38 Å². The number of hydrogen-bond acceptors (Lipinski definition) is 4. The lowest BCUT2D eigenvalue weighted by molar-refractivity contribution is 0.0386. The Morgan fingerprint density at radius 1 is 1.35 bits per heavy atom. The monoisotopic (exact) mass is 315 g/mol. The maximum atomic E-state index is 12.6. The predicted octanol–water partition coefficient (Wildman–Crippen LogP) is 2.82. The van der Waals surface area contributed by atoms with Crippen LogP contribution >= 0.6 is 23.7 Å². The van der Waals surface area contributed by atoms with Crippen molar-refractivity contribution in [1.82, 2.24) is 9.88 Å². The molecule has 1 aromatic heterocycles. The number of fused-ring (bicyclic) bond motifs is 1. The van der Waals surface area contributed by atoms with Crippen LogP contribution in [0.2, 0.25) is 0 Å². The molecule has 3 rings (SSSR count). The highest BCUT2D eigenvalue weighted by Gasteiger charge is 2.36. The van der Waals surface area contributed by atoms with Crippen molar-refractivity contribution in [1.29, 1.82) is 0 Å². The molecule has 0 bridgehead atoms. The van der Waals surface area contributed by atoms with E-state index < -0.39 is 0 Å². The minimum absolute atomic E-state index is 0. The molecule has 2 heterocycles. The Morgan fingerprint density at radius 2 is 2.10 bits per heavy atom. The molecule has 1 amide bonds. The van der Waals surface area contributed by atoms with E-state index in [9.17, 15) is 4.79 Å². The number of aromatic nitrogens is 1. The standard InChI is InChI=1S/C14H21N3OS.ClH/c15-8-13-16-11(9-19-13)14(18)17-7-3-5-10-4-1-2-6-12(10)17;/h9-10,12H,1-8,15H2;1H. The molecule has 1 aromatic rings. The lowest BCUT2D eigenvalue weighted by atomic mass is 9.78. The third kappa shape index (κ3) is 3.00. The number of piperidine rings is 1. The van der Waals surface area contributed by atoms with Gasteiger partial charge in [0.1, 0.15) is 10.7 Å². The van der Waals surface area contributed by atoms with E-state index in [2.05, 4.69) is 9.88 Å². The fourth-order valence-electron chi connectivity index (χ4n) is 3.53. The van der Waals surface area contributed by atoms with Gasteiger partial charge >= 0.3 is 0 Å². The SMILES string of the molecule is Cl.NCc1nc(C(=O)N2CCCC3CCCCC32)cs1. The van der Waals surface area contributed by atoms with Crippen molar-refractivity contribution >= 4 is 29.7 Å². The zero-order chi connectivity index (χ0) is 13.2. The molecule has 20 heavy (non-hydrogen) atoms. The molecule has 1 aliphatic heterocycles. The summed E-state index contributed by atoms with van der Waals surface area (Å²) in [7, 11) is 0. The summed E-state index contributed by atoms with van der Waals surface area (Å²) < 4.78 is 0. The molecule has 0 aromatic carbocycles. The minimum Gasteiger partial charge on any atom is -0.334 e. The normalized spacial score (nSPS) is 25.8. The smallest absolute Gasteiger partial charge is 0.273 e. The van der Waals surface area contributed by atoms with Gasteiger partial charge in [0.05, 0.1) is 0 Å². The summed E-state index contributed by atoms with van der Waals surface area (Å²) in [5.74, 6) is 0.839. The second kappa shape index (κ2) is 6.87. The number of amides is 1. The molecule has 2 fully saturated rings. The molecule has 6 heteroatoms. The van der Waals surface area contributed by atoms with Gasteiger partial charge in [0.25, 0.3) is 5.91 Å². The van der Waals surface area contributed by atoms with E-state index in [1.54, 1.807) is 0 Å². The summed E-state index contributed by atoms with van der Waals surface area (Å²) in [6.07, 6.45) is 7.48. The van der Waals surface area contributed by atoms with Gasteiger partial charge in [-0.1, -0.05) is 12.8 Å². The third-order valence-electron chi connectivity index (χ3n) is 4.45. The number of halogens is 1. The van der Waals surface area contributed by atoms with Crippen LogP contribution in [0, 0.1) is 5.92 Å². The first-order valence-electron chi connectivity index (χ1n) is 7.25. The Kier molecular flexibility index (Phi) is 5.41. The second-order valence-corrected chi connectivity index (χ2v) is 6.53. The second-order valence-electron chi connectivity index (χ2n) is 5.58. The Balaban J connectivity index is 0.00000147. The van der Waals surface area contributed by atoms with E-state index in [0.29, 0.717) is 18.3 Å². The van der Waals surface area contributed by atoms with Crippen LogP contribution < -0.4 is 5.73 Å². The van der Waals surface area contributed by atoms with E-state index in [4.69, 9.17) is 5.73 Å². The predicted molar refractivity (Wildman–Crippen MR) is 83.3 cm³/mol. The van der Waals surface area contributed by atoms with Gasteiger partial charge in [0.15, 0.2) is 0 Å². The van der Waals surface area contributed by atoms with Crippen LogP contribution in [0.1, 0.15) is 54.0 Å². The lowest BCUT2D eigenvalue weighted by Crippen LogP contribution is -2.49. The first-order valence-corrected chi connectivity index (χ1v) is 8.13. The molecule has 0 radical (unpaired) electrons. The maximum absolute atomic E-state index is 12.6. The van der Waals surface area contributed by atoms with Gasteiger partial charge in [-0.25, -0.2) is 4.98 Å². The minimum atomic E-state index is 0. The lowest BCUT2D eigenvalue weighted by Gasteiger charge is -2.43. The molecule has 4 nitrogen and oxygen atoms in total. The largest absolute Gasteiger partial charge is 0.334 e. The van der Waals surface area contributed by atoms with E-state index >= 15 is 0 Å². The molecular weight excluding hydrogens is 294 g/mol. The Labute approximate surface area is 130 Å². The number of likely N-dealkylation sites (tertiary alicyclic amines) is 1. The molecule has 112 valence electrons. The van der Waals surface area contributed by atoms with Crippen molar-refractivity contribution < 1.29 is 4.79 Å². The fourth-order valence-corrected chi connectivity index (χ4v) is 4.18. The first-order chi connectivity index (χ1) is 9.29. The van der Waals surface area contributed by atoms with Gasteiger partial charge in [-0.15, -0.1) is 23.7 Å². The summed E-state index contributed by atoms with van der Waals surface area (Å²) in [4.78, 5) is 19.0. The topological polar surface area (TPSA) is 59.2 Å². The summed E-state index contributed by atoms with van der Waals surface area (Å²) in [6.45, 7) is 1.32. The van der Waals surface area contributed by atoms with Crippen molar-refractivity contribution in [3.8, 4) is 0 Å². The van der Waals surface area contributed by atoms with Crippen molar-refractivity contribution in [2.45, 2.75) is 51.1 Å². The maximum Gasteiger partial charge on any atom is 0.273 e. The summed E-state index contributed by atoms with van der Waals surface area (Å²) in [5.41, 5.74) is 6.17. The molecule has 2 atom stereocenters. The van der Waals surface area contributed by atoms with Crippen LogP contribution in [-0.4, -0.2) is 28.4 Å². The summed E-state index contributed by atoms with van der Waals surface area (Å²) in [5, 5.41) is 2.71. The van der Waals surface area contributed by atoms with Gasteiger partial charge in [0, 0.05) is 24.5 Å². The molecule has 1 saturated heterocycles. The number of rotatable bonds is 2. The highest BCUT2D eigenvalue weighted by molar-refractivity contribution is 7.09. The number of nitrogens with two attached hydrogens (primary N) is 1. The molecule has 2 N–H and O–H groups in total. The van der Waals surface area contributed by atoms with Gasteiger partial charge in [-0.05, 0) is 31.6 Å². The Morgan fingerprint density at radius 3 is 2.85 bits per heavy atom. The van der Waals surface area contributed by atoms with Crippen LogP contribution in [-0.2, 0) is 6.54 Å². The Hall–Kier alpha value is -0.650. The number of carbonyl (C=O) groups excluding carboxylic acids is 1. The first kappa shape index (κ1) is 15.7. The molecule has 2 aliphatic rings. The van der Waals surface area contributed by atoms with Crippen molar-refractivity contribution in [3.05, 3.63) is 16.1 Å². The van der Waals surface area contributed by atoms with E-state index in [-0.39, 0.29) is 18.3 Å². The average molecular weight is 316 g/mol. The van der Waals surface area contributed by atoms with Crippen molar-refractivity contribution in [2.75, 3.05) is 6.54 Å². The van der Waals surface area contributed by atoms with Crippen molar-refractivity contribution in [2.24, 2.45) is 11.7 Å². The Bertz CT molecular complexity index is 463. The number of carbonyl (C=O) groups is 1. The highest BCUT2D eigenvalue weighted by atomic mass is 35.5. The highest BCUT2D eigenvalue weighted by Crippen LogP contribution is 2.35. The molecule has 1 saturated carbocycles. The fraction of sp³-hybridized carbons (Fsp3) is 0.714. The number of hydrogen-bond donors (Lipinski definition) is 1. The van der Waals surface area contributed by atoms with Crippen molar-refractivity contribution in [3.63, 3.8) is 0 Å². The van der Waals surface area contributed by atoms with E-state index in [1.165, 1.54) is 43.4 Å². The van der Waals surface area contributed by atoms with Crippen LogP contribution in [0.3, 0.4) is 0 Å². The number of nitrogens with zero attached hydrogens (tertiary/aromatic N) is 2. The van der Waals surface area contributed by atoms with Gasteiger partial charge in [-0.2, -0.15) is 0 Å². The molecule has 1 aliphatic carbocycles. The zero-order valence-corrected chi connectivity index (χ0v) is 13.2. The molecular formula is C14H22ClN3OS. The third-order valence-corrected chi connectivity index (χ3v) is 5.32. The van der Waals surface area contributed by atoms with Crippen LogP contribution in [0.5, 0.6) is 0 Å². The number of thiazole rings is 1. The van der Waals surface area contributed by atoms with Gasteiger partial charge in [0.2, 0.25) is 0 Å². The molecule has 2 unspecified atom stereocenters. The summed E-state index contributed by atoms with van der Waals surface area (Å²) >= 11 is 1.49. The van der Waals surface area contributed by atoms with Crippen LogP contribution in [0.15, 0.2) is 5.38 Å². The zero-order valence-electron chi connectivity index (χ0n) is 11.6. The van der Waals surface area contributed by atoms with Crippen LogP contribution in [0.4, 0.5) is 0 Å². The van der Waals surface area contributed by atoms with E-state index in [0.717, 1.165) is 23.9 Å². The quantitative estimate of drug-likeness (QED) is 0.913.